The Labute approximate surface area is 199 Å². The summed E-state index contributed by atoms with van der Waals surface area (Å²) in [6.07, 6.45) is 7.44. The van der Waals surface area contributed by atoms with E-state index in [1.807, 2.05) is 6.07 Å². The third-order valence-corrected chi connectivity index (χ3v) is 5.07. The molecule has 0 bridgehead atoms. The number of hydrogen-bond acceptors (Lipinski definition) is 3. The lowest BCUT2D eigenvalue weighted by atomic mass is 10.1. The van der Waals surface area contributed by atoms with Gasteiger partial charge in [-0.15, -0.1) is 24.0 Å². The molecule has 0 amide bonds. The molecule has 7 heteroatoms. The van der Waals surface area contributed by atoms with Crippen LogP contribution in [-0.2, 0) is 6.54 Å². The fourth-order valence-electron chi connectivity index (χ4n) is 3.53. The van der Waals surface area contributed by atoms with Crippen LogP contribution in [0.4, 0.5) is 0 Å². The van der Waals surface area contributed by atoms with Crippen molar-refractivity contribution in [1.82, 2.24) is 25.1 Å². The van der Waals surface area contributed by atoms with Gasteiger partial charge in [0, 0.05) is 26.2 Å². The minimum absolute atomic E-state index is 0. The summed E-state index contributed by atoms with van der Waals surface area (Å²) < 4.78 is 2.29. The molecule has 2 aromatic rings. The van der Waals surface area contributed by atoms with Crippen molar-refractivity contribution in [2.45, 2.75) is 58.9 Å². The highest BCUT2D eigenvalue weighted by molar-refractivity contribution is 14.0. The molecule has 0 aliphatic heterocycles. The molecule has 0 radical (unpaired) electrons. The van der Waals surface area contributed by atoms with E-state index in [1.165, 1.54) is 44.2 Å². The third-order valence-electron chi connectivity index (χ3n) is 5.07. The molecular weight excluding hydrogens is 487 g/mol. The molecule has 1 aromatic carbocycles. The molecule has 0 aliphatic rings. The van der Waals surface area contributed by atoms with E-state index in [1.54, 1.807) is 0 Å². The van der Waals surface area contributed by atoms with Gasteiger partial charge in [-0.05, 0) is 65.9 Å². The molecule has 30 heavy (non-hydrogen) atoms. The van der Waals surface area contributed by atoms with Crippen LogP contribution in [0, 0.1) is 6.92 Å². The van der Waals surface area contributed by atoms with Crippen molar-refractivity contribution in [3.63, 3.8) is 0 Å². The summed E-state index contributed by atoms with van der Waals surface area (Å²) in [6, 6.07) is 8.34. The Bertz CT molecular complexity index is 740. The van der Waals surface area contributed by atoms with E-state index >= 15 is 0 Å². The number of unbranched alkanes of at least 4 members (excludes halogenated alkanes) is 4. The molecule has 0 atom stereocenters. The number of rotatable bonds is 13. The van der Waals surface area contributed by atoms with Gasteiger partial charge in [0.1, 0.15) is 5.82 Å². The zero-order valence-corrected chi connectivity index (χ0v) is 21.6. The first-order chi connectivity index (χ1) is 14.1. The van der Waals surface area contributed by atoms with Crippen LogP contribution in [0.1, 0.15) is 51.3 Å². The van der Waals surface area contributed by atoms with Gasteiger partial charge in [0.2, 0.25) is 0 Å². The third kappa shape index (κ3) is 9.64. The molecule has 1 heterocycles. The van der Waals surface area contributed by atoms with Gasteiger partial charge >= 0.3 is 0 Å². The number of benzene rings is 1. The maximum absolute atomic E-state index is 4.74. The standard InChI is InChI=1S/C23H40N6.HI/c1-5-24-23(25-16-11-7-6-8-12-18-28(3)4)26-17-13-19-29-20(2)27-21-14-9-10-15-22(21)29;/h9-10,14-15H,5-8,11-13,16-19H2,1-4H3,(H2,24,25,26);1H. The van der Waals surface area contributed by atoms with Crippen LogP contribution in [0.15, 0.2) is 29.3 Å². The lowest BCUT2D eigenvalue weighted by Gasteiger charge is -2.12. The van der Waals surface area contributed by atoms with Crippen molar-refractivity contribution in [1.29, 1.82) is 0 Å². The molecule has 0 saturated heterocycles. The van der Waals surface area contributed by atoms with Crippen molar-refractivity contribution >= 4 is 41.0 Å². The SMILES string of the molecule is CCNC(=NCCCn1c(C)nc2ccccc21)NCCCCCCCN(C)C.I. The summed E-state index contributed by atoms with van der Waals surface area (Å²) >= 11 is 0. The van der Waals surface area contributed by atoms with Gasteiger partial charge in [-0.2, -0.15) is 0 Å². The van der Waals surface area contributed by atoms with Gasteiger partial charge < -0.3 is 20.1 Å². The predicted octanol–water partition coefficient (Wildman–Crippen LogP) is 4.42. The van der Waals surface area contributed by atoms with E-state index in [0.717, 1.165) is 49.9 Å². The van der Waals surface area contributed by atoms with Gasteiger partial charge in [-0.1, -0.05) is 31.4 Å². The number of para-hydroxylation sites is 2. The number of guanidine groups is 1. The molecule has 6 nitrogen and oxygen atoms in total. The summed E-state index contributed by atoms with van der Waals surface area (Å²) in [4.78, 5) is 11.6. The monoisotopic (exact) mass is 528 g/mol. The molecule has 0 fully saturated rings. The number of fused-ring (bicyclic) bond motifs is 1. The second kappa shape index (κ2) is 15.5. The normalized spacial score (nSPS) is 11.7. The highest BCUT2D eigenvalue weighted by Gasteiger charge is 2.06. The Morgan fingerprint density at radius 2 is 1.77 bits per heavy atom. The highest BCUT2D eigenvalue weighted by atomic mass is 127. The second-order valence-corrected chi connectivity index (χ2v) is 7.91. The average molecular weight is 529 g/mol. The molecule has 170 valence electrons. The van der Waals surface area contributed by atoms with Crippen molar-refractivity contribution in [3.8, 4) is 0 Å². The van der Waals surface area contributed by atoms with Gasteiger partial charge in [-0.25, -0.2) is 4.98 Å². The molecule has 0 unspecified atom stereocenters. The summed E-state index contributed by atoms with van der Waals surface area (Å²) in [5.74, 6) is 2.01. The van der Waals surface area contributed by atoms with E-state index in [2.05, 4.69) is 71.2 Å². The summed E-state index contributed by atoms with van der Waals surface area (Å²) in [5.41, 5.74) is 2.29. The van der Waals surface area contributed by atoms with Gasteiger partial charge in [0.25, 0.3) is 0 Å². The number of imidazole rings is 1. The minimum atomic E-state index is 0. The maximum atomic E-state index is 4.74. The highest BCUT2D eigenvalue weighted by Crippen LogP contribution is 2.15. The number of aliphatic imine (C=N–C) groups is 1. The van der Waals surface area contributed by atoms with Gasteiger partial charge in [-0.3, -0.25) is 4.99 Å². The van der Waals surface area contributed by atoms with Crippen LogP contribution in [0.5, 0.6) is 0 Å². The first-order valence-electron chi connectivity index (χ1n) is 11.2. The molecule has 0 spiro atoms. The van der Waals surface area contributed by atoms with E-state index in [4.69, 9.17) is 4.99 Å². The number of hydrogen-bond donors (Lipinski definition) is 2. The van der Waals surface area contributed by atoms with Gasteiger partial charge in [0.05, 0.1) is 11.0 Å². The zero-order valence-electron chi connectivity index (χ0n) is 19.3. The lowest BCUT2D eigenvalue weighted by molar-refractivity contribution is 0.389. The van der Waals surface area contributed by atoms with Gasteiger partial charge in [0.15, 0.2) is 5.96 Å². The summed E-state index contributed by atoms with van der Waals surface area (Å²) in [5, 5.41) is 6.83. The fraction of sp³-hybridized carbons (Fsp3) is 0.652. The smallest absolute Gasteiger partial charge is 0.191 e. The average Bonchev–Trinajstić information content (AvgIpc) is 3.02. The van der Waals surface area contributed by atoms with Crippen molar-refractivity contribution in [2.75, 3.05) is 40.3 Å². The van der Waals surface area contributed by atoms with E-state index < -0.39 is 0 Å². The Kier molecular flexibility index (Phi) is 13.7. The van der Waals surface area contributed by atoms with Crippen molar-refractivity contribution < 1.29 is 0 Å². The molecule has 0 saturated carbocycles. The molecule has 2 N–H and O–H groups in total. The largest absolute Gasteiger partial charge is 0.357 e. The minimum Gasteiger partial charge on any atom is -0.357 e. The Hall–Kier alpha value is -1.35. The lowest BCUT2D eigenvalue weighted by Crippen LogP contribution is -2.37. The zero-order chi connectivity index (χ0) is 20.9. The number of halogens is 1. The van der Waals surface area contributed by atoms with Crippen LogP contribution in [0.25, 0.3) is 11.0 Å². The predicted molar refractivity (Wildman–Crippen MR) is 140 cm³/mol. The topological polar surface area (TPSA) is 57.5 Å². The van der Waals surface area contributed by atoms with Crippen molar-refractivity contribution in [3.05, 3.63) is 30.1 Å². The number of aromatic nitrogens is 2. The molecular formula is C23H41IN6. The Balaban J connectivity index is 0.00000450. The Morgan fingerprint density at radius 1 is 1.03 bits per heavy atom. The second-order valence-electron chi connectivity index (χ2n) is 7.91. The van der Waals surface area contributed by atoms with Crippen LogP contribution in [0.3, 0.4) is 0 Å². The first kappa shape index (κ1) is 26.7. The van der Waals surface area contributed by atoms with E-state index in [9.17, 15) is 0 Å². The number of aryl methyl sites for hydroxylation is 2. The number of nitrogens with zero attached hydrogens (tertiary/aromatic N) is 4. The number of nitrogens with one attached hydrogen (secondary N) is 2. The maximum Gasteiger partial charge on any atom is 0.191 e. The quantitative estimate of drug-likeness (QED) is 0.175. The van der Waals surface area contributed by atoms with Crippen molar-refractivity contribution in [2.24, 2.45) is 4.99 Å². The molecule has 0 aliphatic carbocycles. The molecule has 2 rings (SSSR count). The Morgan fingerprint density at radius 3 is 2.53 bits per heavy atom. The van der Waals surface area contributed by atoms with E-state index in [0.29, 0.717) is 0 Å². The van der Waals surface area contributed by atoms with Crippen LogP contribution in [-0.4, -0.2) is 60.7 Å². The fourth-order valence-corrected chi connectivity index (χ4v) is 3.53. The van der Waals surface area contributed by atoms with Crippen LogP contribution >= 0.6 is 24.0 Å². The first-order valence-corrected chi connectivity index (χ1v) is 11.2. The summed E-state index contributed by atoms with van der Waals surface area (Å²) in [6.45, 7) is 9.03. The molecule has 1 aromatic heterocycles. The van der Waals surface area contributed by atoms with Crippen LogP contribution < -0.4 is 10.6 Å². The summed E-state index contributed by atoms with van der Waals surface area (Å²) in [7, 11) is 4.29. The van der Waals surface area contributed by atoms with E-state index in [-0.39, 0.29) is 24.0 Å². The van der Waals surface area contributed by atoms with Crippen LogP contribution in [0.2, 0.25) is 0 Å².